The monoisotopic (exact) mass is 227 g/mol. The van der Waals surface area contributed by atoms with E-state index in [2.05, 4.69) is 10.3 Å². The number of nitrogens with two attached hydrogens (primary N) is 1. The third kappa shape index (κ3) is 2.89. The molecule has 4 nitrogen and oxygen atoms in total. The Kier molecular flexibility index (Phi) is 3.47. The van der Waals surface area contributed by atoms with E-state index in [0.29, 0.717) is 17.9 Å². The number of amides is 1. The van der Waals surface area contributed by atoms with Crippen LogP contribution in [0.25, 0.3) is 0 Å². The maximum absolute atomic E-state index is 11.8. The average molecular weight is 227 g/mol. The topological polar surface area (TPSA) is 68.0 Å². The fraction of sp³-hybridized carbons (Fsp3) is 0.0769. The third-order valence-electron chi connectivity index (χ3n) is 2.34. The summed E-state index contributed by atoms with van der Waals surface area (Å²) in [5.74, 6) is 0.342. The molecule has 0 aliphatic heterocycles. The highest BCUT2D eigenvalue weighted by atomic mass is 16.1. The van der Waals surface area contributed by atoms with Gasteiger partial charge in [0, 0.05) is 18.3 Å². The van der Waals surface area contributed by atoms with Gasteiger partial charge in [0.25, 0.3) is 5.91 Å². The van der Waals surface area contributed by atoms with Crippen molar-refractivity contribution in [2.45, 2.75) is 6.54 Å². The highest BCUT2D eigenvalue weighted by Gasteiger charge is 2.05. The summed E-state index contributed by atoms with van der Waals surface area (Å²) < 4.78 is 0. The normalized spacial score (nSPS) is 9.94. The molecule has 0 bridgehead atoms. The Bertz CT molecular complexity index is 511. The number of nitrogens with zero attached hydrogens (tertiary/aromatic N) is 1. The van der Waals surface area contributed by atoms with Gasteiger partial charge in [-0.2, -0.15) is 0 Å². The van der Waals surface area contributed by atoms with Crippen LogP contribution in [0.4, 0.5) is 5.82 Å². The summed E-state index contributed by atoms with van der Waals surface area (Å²) in [4.78, 5) is 15.9. The number of hydrogen-bond donors (Lipinski definition) is 2. The number of anilines is 1. The highest BCUT2D eigenvalue weighted by molar-refractivity contribution is 6.03. The minimum atomic E-state index is -0.174. The first-order valence-corrected chi connectivity index (χ1v) is 5.31. The van der Waals surface area contributed by atoms with Gasteiger partial charge in [0.05, 0.1) is 0 Å². The van der Waals surface area contributed by atoms with Gasteiger partial charge in [-0.05, 0) is 29.8 Å². The number of benzene rings is 1. The lowest BCUT2D eigenvalue weighted by atomic mass is 10.2. The first kappa shape index (κ1) is 11.3. The number of pyridine rings is 1. The zero-order valence-corrected chi connectivity index (χ0v) is 9.26. The number of hydrogen-bond acceptors (Lipinski definition) is 3. The molecule has 0 atom stereocenters. The molecule has 1 aromatic heterocycles. The van der Waals surface area contributed by atoms with Crippen molar-refractivity contribution in [3.8, 4) is 0 Å². The molecule has 0 aliphatic rings. The van der Waals surface area contributed by atoms with Crippen molar-refractivity contribution in [2.24, 2.45) is 5.73 Å². The van der Waals surface area contributed by atoms with Gasteiger partial charge in [-0.3, -0.25) is 4.79 Å². The average Bonchev–Trinajstić information content (AvgIpc) is 2.40. The van der Waals surface area contributed by atoms with Crippen LogP contribution in [0.15, 0.2) is 48.7 Å². The Labute approximate surface area is 99.5 Å². The molecule has 1 amide bonds. The van der Waals surface area contributed by atoms with Crippen molar-refractivity contribution in [2.75, 3.05) is 5.32 Å². The molecule has 2 aromatic rings. The van der Waals surface area contributed by atoms with E-state index in [4.69, 9.17) is 5.73 Å². The van der Waals surface area contributed by atoms with Crippen molar-refractivity contribution in [3.05, 3.63) is 59.8 Å². The van der Waals surface area contributed by atoms with Gasteiger partial charge < -0.3 is 11.1 Å². The number of aromatic nitrogens is 1. The molecular weight excluding hydrogens is 214 g/mol. The summed E-state index contributed by atoms with van der Waals surface area (Å²) in [6, 6.07) is 12.6. The second kappa shape index (κ2) is 5.23. The molecule has 0 unspecified atom stereocenters. The van der Waals surface area contributed by atoms with E-state index in [-0.39, 0.29) is 5.91 Å². The molecule has 4 heteroatoms. The Morgan fingerprint density at radius 3 is 2.71 bits per heavy atom. The lowest BCUT2D eigenvalue weighted by Gasteiger charge is -2.05. The summed E-state index contributed by atoms with van der Waals surface area (Å²) in [5.41, 5.74) is 7.06. The SMILES string of the molecule is NCc1ccnc(NC(=O)c2ccccc2)c1. The number of carbonyl (C=O) groups is 1. The maximum Gasteiger partial charge on any atom is 0.256 e. The van der Waals surface area contributed by atoms with Gasteiger partial charge in [-0.15, -0.1) is 0 Å². The fourth-order valence-electron chi connectivity index (χ4n) is 1.45. The molecule has 1 heterocycles. The first-order valence-electron chi connectivity index (χ1n) is 5.31. The van der Waals surface area contributed by atoms with Crippen LogP contribution in [-0.4, -0.2) is 10.9 Å². The van der Waals surface area contributed by atoms with Crippen LogP contribution in [-0.2, 0) is 6.54 Å². The smallest absolute Gasteiger partial charge is 0.256 e. The molecule has 1 aromatic carbocycles. The van der Waals surface area contributed by atoms with Gasteiger partial charge in [0.1, 0.15) is 5.82 Å². The van der Waals surface area contributed by atoms with E-state index in [9.17, 15) is 4.79 Å². The molecule has 0 spiro atoms. The molecule has 0 saturated carbocycles. The summed E-state index contributed by atoms with van der Waals surface area (Å²) >= 11 is 0. The van der Waals surface area contributed by atoms with Gasteiger partial charge >= 0.3 is 0 Å². The van der Waals surface area contributed by atoms with Crippen LogP contribution in [0.1, 0.15) is 15.9 Å². The van der Waals surface area contributed by atoms with E-state index in [0.717, 1.165) is 5.56 Å². The molecule has 0 radical (unpaired) electrons. The minimum Gasteiger partial charge on any atom is -0.326 e. The molecular formula is C13H13N3O. The second-order valence-electron chi connectivity index (χ2n) is 3.57. The first-order chi connectivity index (χ1) is 8.29. The minimum absolute atomic E-state index is 0.174. The predicted molar refractivity (Wildman–Crippen MR) is 66.5 cm³/mol. The van der Waals surface area contributed by atoms with Crippen molar-refractivity contribution in [1.82, 2.24) is 4.98 Å². The van der Waals surface area contributed by atoms with E-state index < -0.39 is 0 Å². The highest BCUT2D eigenvalue weighted by Crippen LogP contribution is 2.08. The van der Waals surface area contributed by atoms with Crippen LogP contribution in [0, 0.1) is 0 Å². The lowest BCUT2D eigenvalue weighted by Crippen LogP contribution is -2.13. The van der Waals surface area contributed by atoms with Gasteiger partial charge in [0.2, 0.25) is 0 Å². The molecule has 0 fully saturated rings. The largest absolute Gasteiger partial charge is 0.326 e. The molecule has 17 heavy (non-hydrogen) atoms. The van der Waals surface area contributed by atoms with Gasteiger partial charge in [0.15, 0.2) is 0 Å². The molecule has 0 saturated heterocycles. The Morgan fingerprint density at radius 1 is 1.24 bits per heavy atom. The van der Waals surface area contributed by atoms with E-state index in [1.807, 2.05) is 24.3 Å². The maximum atomic E-state index is 11.8. The predicted octanol–water partition coefficient (Wildman–Crippen LogP) is 1.79. The molecule has 86 valence electrons. The van der Waals surface area contributed by atoms with E-state index in [1.54, 1.807) is 24.4 Å². The van der Waals surface area contributed by atoms with E-state index in [1.165, 1.54) is 0 Å². The standard InChI is InChI=1S/C13H13N3O/c14-9-10-6-7-15-12(8-10)16-13(17)11-4-2-1-3-5-11/h1-8H,9,14H2,(H,15,16,17). The lowest BCUT2D eigenvalue weighted by molar-refractivity contribution is 0.102. The molecule has 0 aliphatic carbocycles. The van der Waals surface area contributed by atoms with Crippen LogP contribution in [0.2, 0.25) is 0 Å². The zero-order valence-electron chi connectivity index (χ0n) is 9.26. The third-order valence-corrected chi connectivity index (χ3v) is 2.34. The van der Waals surface area contributed by atoms with E-state index >= 15 is 0 Å². The Balaban J connectivity index is 2.13. The number of nitrogens with one attached hydrogen (secondary N) is 1. The van der Waals surface area contributed by atoms with Crippen LogP contribution in [0.5, 0.6) is 0 Å². The van der Waals surface area contributed by atoms with Crippen molar-refractivity contribution >= 4 is 11.7 Å². The van der Waals surface area contributed by atoms with Crippen molar-refractivity contribution < 1.29 is 4.79 Å². The fourth-order valence-corrected chi connectivity index (χ4v) is 1.45. The van der Waals surface area contributed by atoms with Crippen LogP contribution >= 0.6 is 0 Å². The van der Waals surface area contributed by atoms with Gasteiger partial charge in [-0.25, -0.2) is 4.98 Å². The summed E-state index contributed by atoms with van der Waals surface area (Å²) in [7, 11) is 0. The summed E-state index contributed by atoms with van der Waals surface area (Å²) in [6.45, 7) is 0.427. The quantitative estimate of drug-likeness (QED) is 0.840. The van der Waals surface area contributed by atoms with Crippen molar-refractivity contribution in [3.63, 3.8) is 0 Å². The zero-order chi connectivity index (χ0) is 12.1. The number of carbonyl (C=O) groups excluding carboxylic acids is 1. The summed E-state index contributed by atoms with van der Waals surface area (Å²) in [6.07, 6.45) is 1.63. The number of rotatable bonds is 3. The Hall–Kier alpha value is -2.20. The van der Waals surface area contributed by atoms with Crippen LogP contribution in [0.3, 0.4) is 0 Å². The molecule has 3 N–H and O–H groups in total. The second-order valence-corrected chi connectivity index (χ2v) is 3.57. The summed E-state index contributed by atoms with van der Waals surface area (Å²) in [5, 5.41) is 2.73. The molecule has 2 rings (SSSR count). The van der Waals surface area contributed by atoms with Gasteiger partial charge in [-0.1, -0.05) is 18.2 Å². The van der Waals surface area contributed by atoms with Crippen molar-refractivity contribution in [1.29, 1.82) is 0 Å². The van der Waals surface area contributed by atoms with Crippen LogP contribution < -0.4 is 11.1 Å². The Morgan fingerprint density at radius 2 is 2.00 bits per heavy atom.